The fraction of sp³-hybridized carbons (Fsp3) is 0.538. The minimum atomic E-state index is 0.769. The molecular formula is C13H22N2O. The van der Waals surface area contributed by atoms with Crippen molar-refractivity contribution in [3.05, 3.63) is 24.3 Å². The largest absolute Gasteiger partial charge is 0.494 e. The average Bonchev–Trinajstić information content (AvgIpc) is 2.33. The Kier molecular flexibility index (Phi) is 6.42. The molecule has 3 heteroatoms. The standard InChI is InChI=1S/C13H22N2O/c1-2-11-16-13-7-5-12(6-8-13)15-10-4-3-9-14/h5-8,15H,2-4,9-11,14H2,1H3. The van der Waals surface area contributed by atoms with Crippen LogP contribution >= 0.6 is 0 Å². The van der Waals surface area contributed by atoms with Gasteiger partial charge in [0, 0.05) is 12.2 Å². The number of anilines is 1. The Morgan fingerprint density at radius 1 is 1.19 bits per heavy atom. The first kappa shape index (κ1) is 12.8. The normalized spacial score (nSPS) is 10.1. The molecule has 0 aromatic heterocycles. The van der Waals surface area contributed by atoms with Crippen LogP contribution in [0.15, 0.2) is 24.3 Å². The Balaban J connectivity index is 2.27. The summed E-state index contributed by atoms with van der Waals surface area (Å²) in [6.07, 6.45) is 3.23. The zero-order chi connectivity index (χ0) is 11.6. The Morgan fingerprint density at radius 3 is 2.56 bits per heavy atom. The highest BCUT2D eigenvalue weighted by atomic mass is 16.5. The minimum Gasteiger partial charge on any atom is -0.494 e. The molecule has 0 radical (unpaired) electrons. The van der Waals surface area contributed by atoms with Crippen LogP contribution in [0.2, 0.25) is 0 Å². The molecule has 16 heavy (non-hydrogen) atoms. The number of benzene rings is 1. The summed E-state index contributed by atoms with van der Waals surface area (Å²) in [5.41, 5.74) is 6.57. The summed E-state index contributed by atoms with van der Waals surface area (Å²) in [6.45, 7) is 4.63. The second kappa shape index (κ2) is 7.99. The van der Waals surface area contributed by atoms with Crippen molar-refractivity contribution in [3.8, 4) is 5.75 Å². The van der Waals surface area contributed by atoms with Gasteiger partial charge in [-0.3, -0.25) is 0 Å². The molecule has 3 N–H and O–H groups in total. The Hall–Kier alpha value is -1.22. The molecule has 0 saturated carbocycles. The van der Waals surface area contributed by atoms with Gasteiger partial charge in [0.05, 0.1) is 6.61 Å². The first-order valence-electron chi connectivity index (χ1n) is 6.03. The second-order valence-electron chi connectivity index (χ2n) is 3.80. The highest BCUT2D eigenvalue weighted by Crippen LogP contribution is 2.15. The molecule has 0 aliphatic heterocycles. The Labute approximate surface area is 98.0 Å². The minimum absolute atomic E-state index is 0.769. The first-order valence-corrected chi connectivity index (χ1v) is 6.03. The highest BCUT2D eigenvalue weighted by molar-refractivity contribution is 5.46. The molecule has 0 spiro atoms. The zero-order valence-corrected chi connectivity index (χ0v) is 10.0. The summed E-state index contributed by atoms with van der Waals surface area (Å²) in [7, 11) is 0. The van der Waals surface area contributed by atoms with Gasteiger partial charge in [0.1, 0.15) is 5.75 Å². The molecule has 1 aromatic carbocycles. The first-order chi connectivity index (χ1) is 7.86. The molecule has 1 aromatic rings. The summed E-state index contributed by atoms with van der Waals surface area (Å²) in [5.74, 6) is 0.939. The highest BCUT2D eigenvalue weighted by Gasteiger charge is 1.94. The molecule has 0 aliphatic rings. The SMILES string of the molecule is CCCOc1ccc(NCCCCN)cc1. The molecule has 0 heterocycles. The third kappa shape index (κ3) is 5.03. The Bertz CT molecular complexity index is 272. The lowest BCUT2D eigenvalue weighted by Crippen LogP contribution is -2.05. The van der Waals surface area contributed by atoms with Crippen molar-refractivity contribution in [3.63, 3.8) is 0 Å². The number of nitrogens with one attached hydrogen (secondary N) is 1. The lowest BCUT2D eigenvalue weighted by atomic mass is 10.2. The topological polar surface area (TPSA) is 47.3 Å². The molecule has 0 saturated heterocycles. The molecule has 3 nitrogen and oxygen atoms in total. The maximum Gasteiger partial charge on any atom is 0.119 e. The van der Waals surface area contributed by atoms with Crippen LogP contribution in [0.4, 0.5) is 5.69 Å². The van der Waals surface area contributed by atoms with Crippen LogP contribution in [0.5, 0.6) is 5.75 Å². The molecule has 90 valence electrons. The number of hydrogen-bond donors (Lipinski definition) is 2. The van der Waals surface area contributed by atoms with Crippen molar-refractivity contribution in [2.24, 2.45) is 5.73 Å². The van der Waals surface area contributed by atoms with Gasteiger partial charge in [-0.05, 0) is 50.1 Å². The monoisotopic (exact) mass is 222 g/mol. The number of rotatable bonds is 8. The molecule has 0 amide bonds. The van der Waals surface area contributed by atoms with Crippen LogP contribution in [0.3, 0.4) is 0 Å². The van der Waals surface area contributed by atoms with E-state index in [1.165, 1.54) is 0 Å². The fourth-order valence-corrected chi connectivity index (χ4v) is 1.39. The van der Waals surface area contributed by atoms with Crippen LogP contribution in [0, 0.1) is 0 Å². The zero-order valence-electron chi connectivity index (χ0n) is 10.0. The molecule has 1 rings (SSSR count). The molecule has 0 bridgehead atoms. The van der Waals surface area contributed by atoms with E-state index < -0.39 is 0 Å². The van der Waals surface area contributed by atoms with E-state index in [9.17, 15) is 0 Å². The predicted octanol–water partition coefficient (Wildman–Crippen LogP) is 2.63. The van der Waals surface area contributed by atoms with Gasteiger partial charge in [-0.25, -0.2) is 0 Å². The fourth-order valence-electron chi connectivity index (χ4n) is 1.39. The van der Waals surface area contributed by atoms with Crippen molar-refractivity contribution >= 4 is 5.69 Å². The molecule has 0 atom stereocenters. The van der Waals surface area contributed by atoms with Crippen LogP contribution in [-0.4, -0.2) is 19.7 Å². The van der Waals surface area contributed by atoms with E-state index in [0.29, 0.717) is 0 Å². The number of nitrogens with two attached hydrogens (primary N) is 1. The number of ether oxygens (including phenoxy) is 1. The van der Waals surface area contributed by atoms with E-state index in [-0.39, 0.29) is 0 Å². The van der Waals surface area contributed by atoms with E-state index in [2.05, 4.69) is 12.2 Å². The van der Waals surface area contributed by atoms with E-state index in [1.807, 2.05) is 24.3 Å². The number of unbranched alkanes of at least 4 members (excludes halogenated alkanes) is 1. The predicted molar refractivity (Wildman–Crippen MR) is 69.0 cm³/mol. The van der Waals surface area contributed by atoms with Crippen LogP contribution < -0.4 is 15.8 Å². The number of hydrogen-bond acceptors (Lipinski definition) is 3. The van der Waals surface area contributed by atoms with E-state index in [4.69, 9.17) is 10.5 Å². The molecule has 0 unspecified atom stereocenters. The quantitative estimate of drug-likeness (QED) is 0.665. The van der Waals surface area contributed by atoms with Gasteiger partial charge in [0.2, 0.25) is 0 Å². The van der Waals surface area contributed by atoms with E-state index in [1.54, 1.807) is 0 Å². The lowest BCUT2D eigenvalue weighted by Gasteiger charge is -2.08. The smallest absolute Gasteiger partial charge is 0.119 e. The molecular weight excluding hydrogens is 200 g/mol. The lowest BCUT2D eigenvalue weighted by molar-refractivity contribution is 0.317. The maximum atomic E-state index is 5.51. The van der Waals surface area contributed by atoms with Crippen molar-refractivity contribution in [1.82, 2.24) is 0 Å². The third-order valence-corrected chi connectivity index (χ3v) is 2.29. The summed E-state index contributed by atoms with van der Waals surface area (Å²) in [5, 5.41) is 3.35. The summed E-state index contributed by atoms with van der Waals surface area (Å²) < 4.78 is 5.51. The molecule has 0 fully saturated rings. The van der Waals surface area contributed by atoms with E-state index in [0.717, 1.165) is 50.4 Å². The maximum absolute atomic E-state index is 5.51. The van der Waals surface area contributed by atoms with Gasteiger partial charge in [-0.1, -0.05) is 6.92 Å². The van der Waals surface area contributed by atoms with Crippen molar-refractivity contribution in [1.29, 1.82) is 0 Å². The second-order valence-corrected chi connectivity index (χ2v) is 3.80. The van der Waals surface area contributed by atoms with Gasteiger partial charge in [0.15, 0.2) is 0 Å². The van der Waals surface area contributed by atoms with Gasteiger partial charge in [-0.15, -0.1) is 0 Å². The third-order valence-electron chi connectivity index (χ3n) is 2.29. The van der Waals surface area contributed by atoms with Crippen LogP contribution in [0.1, 0.15) is 26.2 Å². The van der Waals surface area contributed by atoms with Crippen molar-refractivity contribution < 1.29 is 4.74 Å². The summed E-state index contributed by atoms with van der Waals surface area (Å²) in [6, 6.07) is 8.10. The van der Waals surface area contributed by atoms with Crippen LogP contribution in [0.25, 0.3) is 0 Å². The van der Waals surface area contributed by atoms with Gasteiger partial charge < -0.3 is 15.8 Å². The van der Waals surface area contributed by atoms with Crippen LogP contribution in [-0.2, 0) is 0 Å². The van der Waals surface area contributed by atoms with E-state index >= 15 is 0 Å². The van der Waals surface area contributed by atoms with Gasteiger partial charge in [0.25, 0.3) is 0 Å². The summed E-state index contributed by atoms with van der Waals surface area (Å²) in [4.78, 5) is 0. The van der Waals surface area contributed by atoms with Gasteiger partial charge in [-0.2, -0.15) is 0 Å². The Morgan fingerprint density at radius 2 is 1.94 bits per heavy atom. The molecule has 0 aliphatic carbocycles. The van der Waals surface area contributed by atoms with Gasteiger partial charge >= 0.3 is 0 Å². The average molecular weight is 222 g/mol. The summed E-state index contributed by atoms with van der Waals surface area (Å²) >= 11 is 0. The van der Waals surface area contributed by atoms with Crippen molar-refractivity contribution in [2.45, 2.75) is 26.2 Å². The van der Waals surface area contributed by atoms with Crippen molar-refractivity contribution in [2.75, 3.05) is 25.0 Å².